The molecule has 0 bridgehead atoms. The van der Waals surface area contributed by atoms with Crippen molar-refractivity contribution in [1.29, 1.82) is 0 Å². The SMILES string of the molecule is C[C@@H]1COCCN1C(=O)c1ccn(-c2cccc(N)c2)n1. The van der Waals surface area contributed by atoms with Gasteiger partial charge in [0.1, 0.15) is 0 Å². The fourth-order valence-corrected chi connectivity index (χ4v) is 2.43. The molecule has 1 amide bonds. The van der Waals surface area contributed by atoms with Gasteiger partial charge in [0.2, 0.25) is 0 Å². The first-order valence-electron chi connectivity index (χ1n) is 6.95. The molecule has 2 N–H and O–H groups in total. The molecule has 6 nitrogen and oxygen atoms in total. The average Bonchev–Trinajstić information content (AvgIpc) is 2.97. The quantitative estimate of drug-likeness (QED) is 0.845. The van der Waals surface area contributed by atoms with Gasteiger partial charge in [0, 0.05) is 18.4 Å². The summed E-state index contributed by atoms with van der Waals surface area (Å²) in [4.78, 5) is 14.3. The van der Waals surface area contributed by atoms with Crippen LogP contribution < -0.4 is 5.73 Å². The number of ether oxygens (including phenoxy) is 1. The van der Waals surface area contributed by atoms with Crippen molar-refractivity contribution in [3.63, 3.8) is 0 Å². The number of carbonyl (C=O) groups is 1. The molecule has 0 unspecified atom stereocenters. The Morgan fingerprint density at radius 1 is 1.43 bits per heavy atom. The van der Waals surface area contributed by atoms with Crippen LogP contribution in [-0.4, -0.2) is 46.4 Å². The van der Waals surface area contributed by atoms with Crippen molar-refractivity contribution in [1.82, 2.24) is 14.7 Å². The largest absolute Gasteiger partial charge is 0.399 e. The van der Waals surface area contributed by atoms with Gasteiger partial charge in [-0.2, -0.15) is 5.10 Å². The molecule has 1 saturated heterocycles. The molecule has 0 spiro atoms. The molecule has 0 radical (unpaired) electrons. The number of nitrogens with two attached hydrogens (primary N) is 1. The van der Waals surface area contributed by atoms with E-state index in [1.807, 2.05) is 31.2 Å². The van der Waals surface area contributed by atoms with E-state index < -0.39 is 0 Å². The number of morpholine rings is 1. The van der Waals surface area contributed by atoms with Gasteiger partial charge in [-0.05, 0) is 31.2 Å². The van der Waals surface area contributed by atoms with Crippen LogP contribution in [-0.2, 0) is 4.74 Å². The molecular formula is C15H18N4O2. The number of nitrogen functional groups attached to an aromatic ring is 1. The summed E-state index contributed by atoms with van der Waals surface area (Å²) >= 11 is 0. The lowest BCUT2D eigenvalue weighted by molar-refractivity contribution is 0.00325. The molecule has 21 heavy (non-hydrogen) atoms. The topological polar surface area (TPSA) is 73.4 Å². The molecule has 1 aliphatic rings. The number of nitrogens with zero attached hydrogens (tertiary/aromatic N) is 3. The Labute approximate surface area is 123 Å². The van der Waals surface area contributed by atoms with Gasteiger partial charge in [-0.3, -0.25) is 4.79 Å². The molecule has 1 atom stereocenters. The van der Waals surface area contributed by atoms with Crippen LogP contribution >= 0.6 is 0 Å². The number of anilines is 1. The predicted molar refractivity (Wildman–Crippen MR) is 79.3 cm³/mol. The molecule has 3 rings (SSSR count). The van der Waals surface area contributed by atoms with E-state index in [2.05, 4.69) is 5.10 Å². The number of carbonyl (C=O) groups excluding carboxylic acids is 1. The maximum absolute atomic E-state index is 12.5. The normalized spacial score (nSPS) is 18.7. The summed E-state index contributed by atoms with van der Waals surface area (Å²) in [6.07, 6.45) is 1.77. The highest BCUT2D eigenvalue weighted by atomic mass is 16.5. The van der Waals surface area contributed by atoms with E-state index in [4.69, 9.17) is 10.5 Å². The lowest BCUT2D eigenvalue weighted by Gasteiger charge is -2.32. The van der Waals surface area contributed by atoms with Gasteiger partial charge < -0.3 is 15.4 Å². The summed E-state index contributed by atoms with van der Waals surface area (Å²) in [5.41, 5.74) is 7.71. The highest BCUT2D eigenvalue weighted by Crippen LogP contribution is 2.14. The Kier molecular flexibility index (Phi) is 3.62. The smallest absolute Gasteiger partial charge is 0.274 e. The standard InChI is InChI=1S/C15H18N4O2/c1-11-10-21-8-7-18(11)15(20)14-5-6-19(17-14)13-4-2-3-12(16)9-13/h2-6,9,11H,7-8,10,16H2,1H3/t11-/m1/s1. The third-order valence-electron chi connectivity index (χ3n) is 3.57. The fourth-order valence-electron chi connectivity index (χ4n) is 2.43. The van der Waals surface area contributed by atoms with Gasteiger partial charge in [0.05, 0.1) is 24.9 Å². The van der Waals surface area contributed by atoms with E-state index in [9.17, 15) is 4.79 Å². The summed E-state index contributed by atoms with van der Waals surface area (Å²) in [5, 5.41) is 4.36. The van der Waals surface area contributed by atoms with Crippen LogP contribution in [0.5, 0.6) is 0 Å². The number of rotatable bonds is 2. The monoisotopic (exact) mass is 286 g/mol. The van der Waals surface area contributed by atoms with Crippen molar-refractivity contribution in [2.24, 2.45) is 0 Å². The average molecular weight is 286 g/mol. The van der Waals surface area contributed by atoms with Gasteiger partial charge >= 0.3 is 0 Å². The zero-order valence-electron chi connectivity index (χ0n) is 11.9. The first-order valence-corrected chi connectivity index (χ1v) is 6.95. The molecular weight excluding hydrogens is 268 g/mol. The summed E-state index contributed by atoms with van der Waals surface area (Å²) in [5.74, 6) is -0.0616. The molecule has 2 aromatic rings. The van der Waals surface area contributed by atoms with E-state index in [0.29, 0.717) is 31.1 Å². The Morgan fingerprint density at radius 2 is 2.29 bits per heavy atom. The van der Waals surface area contributed by atoms with E-state index in [1.165, 1.54) is 0 Å². The number of hydrogen-bond donors (Lipinski definition) is 1. The van der Waals surface area contributed by atoms with Gasteiger partial charge in [0.15, 0.2) is 5.69 Å². The Hall–Kier alpha value is -2.34. The minimum absolute atomic E-state index is 0.0616. The summed E-state index contributed by atoms with van der Waals surface area (Å²) < 4.78 is 7.01. The second-order valence-corrected chi connectivity index (χ2v) is 5.16. The number of amides is 1. The van der Waals surface area contributed by atoms with E-state index in [-0.39, 0.29) is 11.9 Å². The van der Waals surface area contributed by atoms with E-state index in [0.717, 1.165) is 5.69 Å². The van der Waals surface area contributed by atoms with Crippen LogP contribution in [0.2, 0.25) is 0 Å². The first kappa shape index (κ1) is 13.6. The van der Waals surface area contributed by atoms with Crippen LogP contribution in [0.1, 0.15) is 17.4 Å². The molecule has 110 valence electrons. The van der Waals surface area contributed by atoms with Crippen molar-refractivity contribution >= 4 is 11.6 Å². The van der Waals surface area contributed by atoms with Crippen molar-refractivity contribution in [3.8, 4) is 5.69 Å². The molecule has 2 heterocycles. The van der Waals surface area contributed by atoms with Crippen molar-refractivity contribution in [3.05, 3.63) is 42.2 Å². The maximum Gasteiger partial charge on any atom is 0.274 e. The van der Waals surface area contributed by atoms with Gasteiger partial charge in [-0.15, -0.1) is 0 Å². The Bertz CT molecular complexity index is 653. The lowest BCUT2D eigenvalue weighted by atomic mass is 10.2. The van der Waals surface area contributed by atoms with E-state index in [1.54, 1.807) is 21.8 Å². The van der Waals surface area contributed by atoms with Crippen LogP contribution in [0.25, 0.3) is 5.69 Å². The van der Waals surface area contributed by atoms with Gasteiger partial charge in [0.25, 0.3) is 5.91 Å². The highest BCUT2D eigenvalue weighted by Gasteiger charge is 2.26. The van der Waals surface area contributed by atoms with Gasteiger partial charge in [-0.25, -0.2) is 4.68 Å². The van der Waals surface area contributed by atoms with Crippen LogP contribution in [0, 0.1) is 0 Å². The zero-order valence-corrected chi connectivity index (χ0v) is 11.9. The molecule has 1 aliphatic heterocycles. The molecule has 0 saturated carbocycles. The number of benzene rings is 1. The van der Waals surface area contributed by atoms with Gasteiger partial charge in [-0.1, -0.05) is 6.07 Å². The Balaban J connectivity index is 1.83. The molecule has 1 aromatic heterocycles. The summed E-state index contributed by atoms with van der Waals surface area (Å²) in [6, 6.07) is 9.19. The zero-order chi connectivity index (χ0) is 14.8. The molecule has 0 aliphatic carbocycles. The molecule has 6 heteroatoms. The van der Waals surface area contributed by atoms with Crippen molar-refractivity contribution in [2.75, 3.05) is 25.5 Å². The first-order chi connectivity index (χ1) is 10.1. The van der Waals surface area contributed by atoms with E-state index >= 15 is 0 Å². The Morgan fingerprint density at radius 3 is 3.05 bits per heavy atom. The van der Waals surface area contributed by atoms with Crippen LogP contribution in [0.3, 0.4) is 0 Å². The minimum Gasteiger partial charge on any atom is -0.399 e. The molecule has 1 fully saturated rings. The summed E-state index contributed by atoms with van der Waals surface area (Å²) in [6.45, 7) is 3.73. The van der Waals surface area contributed by atoms with Crippen LogP contribution in [0.15, 0.2) is 36.5 Å². The molecule has 1 aromatic carbocycles. The van der Waals surface area contributed by atoms with Crippen molar-refractivity contribution < 1.29 is 9.53 Å². The third kappa shape index (κ3) is 2.75. The van der Waals surface area contributed by atoms with Crippen molar-refractivity contribution in [2.45, 2.75) is 13.0 Å². The second kappa shape index (κ2) is 5.57. The summed E-state index contributed by atoms with van der Waals surface area (Å²) in [7, 11) is 0. The maximum atomic E-state index is 12.5. The van der Waals surface area contributed by atoms with Crippen LogP contribution in [0.4, 0.5) is 5.69 Å². The number of hydrogen-bond acceptors (Lipinski definition) is 4. The highest BCUT2D eigenvalue weighted by molar-refractivity contribution is 5.92. The fraction of sp³-hybridized carbons (Fsp3) is 0.333. The second-order valence-electron chi connectivity index (χ2n) is 5.16. The predicted octanol–water partition coefficient (Wildman–Crippen LogP) is 1.32. The number of aromatic nitrogens is 2. The lowest BCUT2D eigenvalue weighted by Crippen LogP contribution is -2.47. The third-order valence-corrected chi connectivity index (χ3v) is 3.57. The minimum atomic E-state index is -0.0616.